The van der Waals surface area contributed by atoms with E-state index in [1.165, 1.54) is 61.0 Å². The zero-order valence-electron chi connectivity index (χ0n) is 25.0. The Morgan fingerprint density at radius 2 is 0.955 bits per heavy atom. The second-order valence-electron chi connectivity index (χ2n) is 12.2. The normalized spacial score (nSPS) is 13.0. The maximum absolute atomic E-state index is 2.44. The molecule has 210 valence electrons. The minimum Gasteiger partial charge on any atom is -0.310 e. The van der Waals surface area contributed by atoms with E-state index in [0.717, 1.165) is 11.4 Å². The average molecular weight is 564 g/mol. The van der Waals surface area contributed by atoms with Crippen LogP contribution in [0.1, 0.15) is 25.0 Å². The molecule has 8 rings (SSSR count). The van der Waals surface area contributed by atoms with Crippen molar-refractivity contribution in [3.63, 3.8) is 0 Å². The third kappa shape index (κ3) is 4.24. The summed E-state index contributed by atoms with van der Waals surface area (Å²) in [6.45, 7) is 4.75. The van der Waals surface area contributed by atoms with Crippen LogP contribution in [-0.4, -0.2) is 0 Å². The molecular weight excluding hydrogens is 530 g/mol. The van der Waals surface area contributed by atoms with Crippen molar-refractivity contribution in [3.05, 3.63) is 175 Å². The first kappa shape index (κ1) is 26.2. The molecule has 1 aliphatic carbocycles. The highest BCUT2D eigenvalue weighted by atomic mass is 15.1. The first-order chi connectivity index (χ1) is 21.6. The minimum absolute atomic E-state index is 0.111. The monoisotopic (exact) mass is 563 g/mol. The summed E-state index contributed by atoms with van der Waals surface area (Å²) >= 11 is 0. The van der Waals surface area contributed by atoms with Crippen LogP contribution in [0.25, 0.3) is 44.2 Å². The van der Waals surface area contributed by atoms with Crippen molar-refractivity contribution in [2.75, 3.05) is 4.90 Å². The lowest BCUT2D eigenvalue weighted by molar-refractivity contribution is 0.666. The van der Waals surface area contributed by atoms with Crippen LogP contribution in [-0.2, 0) is 5.41 Å². The fourth-order valence-corrected chi connectivity index (χ4v) is 7.10. The van der Waals surface area contributed by atoms with E-state index in [0.29, 0.717) is 0 Å². The molecule has 0 bridgehead atoms. The van der Waals surface area contributed by atoms with Crippen LogP contribution in [0.2, 0.25) is 0 Å². The van der Waals surface area contributed by atoms with Crippen LogP contribution < -0.4 is 4.90 Å². The summed E-state index contributed by atoms with van der Waals surface area (Å²) in [6.07, 6.45) is 0. The summed E-state index contributed by atoms with van der Waals surface area (Å²) in [5.41, 5.74) is 13.7. The van der Waals surface area contributed by atoms with E-state index in [1.807, 2.05) is 0 Å². The van der Waals surface area contributed by atoms with Gasteiger partial charge in [-0.05, 0) is 80.0 Å². The third-order valence-corrected chi connectivity index (χ3v) is 9.23. The predicted octanol–water partition coefficient (Wildman–Crippen LogP) is 11.9. The van der Waals surface area contributed by atoms with Gasteiger partial charge in [-0.3, -0.25) is 0 Å². The molecular formula is C43H33N. The molecule has 0 aliphatic heterocycles. The van der Waals surface area contributed by atoms with Crippen LogP contribution in [0.3, 0.4) is 0 Å². The fourth-order valence-electron chi connectivity index (χ4n) is 7.10. The molecule has 0 N–H and O–H groups in total. The van der Waals surface area contributed by atoms with E-state index in [4.69, 9.17) is 0 Å². The van der Waals surface area contributed by atoms with Gasteiger partial charge in [0.25, 0.3) is 0 Å². The average Bonchev–Trinajstić information content (AvgIpc) is 3.33. The minimum atomic E-state index is -0.111. The summed E-state index contributed by atoms with van der Waals surface area (Å²) in [6, 6.07) is 59.4. The van der Waals surface area contributed by atoms with Crippen molar-refractivity contribution >= 4 is 27.8 Å². The highest BCUT2D eigenvalue weighted by molar-refractivity contribution is 6.05. The van der Waals surface area contributed by atoms with Crippen molar-refractivity contribution in [2.45, 2.75) is 19.3 Å². The summed E-state index contributed by atoms with van der Waals surface area (Å²) in [5.74, 6) is 0. The van der Waals surface area contributed by atoms with E-state index in [9.17, 15) is 0 Å². The lowest BCUT2D eigenvalue weighted by Gasteiger charge is -2.30. The molecule has 0 heterocycles. The molecule has 0 radical (unpaired) electrons. The van der Waals surface area contributed by atoms with Gasteiger partial charge < -0.3 is 4.90 Å². The van der Waals surface area contributed by atoms with Gasteiger partial charge >= 0.3 is 0 Å². The standard InChI is InChI=1S/C43H33N/c1-43(2)39-20-12-11-19-38(39)41-40(29-34-15-9-10-18-37(34)42(41)43)44(35-16-7-4-8-17-35)36-27-25-33(26-28-36)32-23-21-31(22-24-32)30-13-5-3-6-14-30/h3-29H,1-2H3. The number of nitrogens with zero attached hydrogens (tertiary/aromatic N) is 1. The third-order valence-electron chi connectivity index (χ3n) is 9.23. The topological polar surface area (TPSA) is 3.24 Å². The molecule has 0 fully saturated rings. The summed E-state index contributed by atoms with van der Waals surface area (Å²) in [7, 11) is 0. The zero-order valence-corrected chi connectivity index (χ0v) is 25.0. The number of anilines is 3. The van der Waals surface area contributed by atoms with E-state index < -0.39 is 0 Å². The van der Waals surface area contributed by atoms with Crippen LogP contribution in [0.4, 0.5) is 17.1 Å². The molecule has 0 atom stereocenters. The van der Waals surface area contributed by atoms with Gasteiger partial charge in [0.05, 0.1) is 5.69 Å². The predicted molar refractivity (Wildman–Crippen MR) is 187 cm³/mol. The lowest BCUT2D eigenvalue weighted by atomic mass is 9.80. The largest absolute Gasteiger partial charge is 0.310 e. The molecule has 1 heteroatoms. The molecule has 1 aliphatic rings. The Labute approximate surface area is 259 Å². The van der Waals surface area contributed by atoms with Crippen molar-refractivity contribution in [3.8, 4) is 33.4 Å². The Kier molecular flexibility index (Phi) is 6.20. The highest BCUT2D eigenvalue weighted by Gasteiger charge is 2.39. The Bertz CT molecular complexity index is 2110. The van der Waals surface area contributed by atoms with Gasteiger partial charge in [0.1, 0.15) is 0 Å². The van der Waals surface area contributed by atoms with Gasteiger partial charge in [0.15, 0.2) is 0 Å². The van der Waals surface area contributed by atoms with Gasteiger partial charge in [-0.1, -0.05) is 147 Å². The van der Waals surface area contributed by atoms with Crippen molar-refractivity contribution in [1.82, 2.24) is 0 Å². The van der Waals surface area contributed by atoms with Gasteiger partial charge in [-0.25, -0.2) is 0 Å². The van der Waals surface area contributed by atoms with Gasteiger partial charge in [0, 0.05) is 22.4 Å². The van der Waals surface area contributed by atoms with E-state index >= 15 is 0 Å². The van der Waals surface area contributed by atoms with Crippen LogP contribution in [0.15, 0.2) is 164 Å². The van der Waals surface area contributed by atoms with E-state index in [2.05, 4.69) is 183 Å². The molecule has 0 unspecified atom stereocenters. The molecule has 7 aromatic rings. The van der Waals surface area contributed by atoms with Gasteiger partial charge in [-0.2, -0.15) is 0 Å². The second kappa shape index (κ2) is 10.4. The first-order valence-corrected chi connectivity index (χ1v) is 15.4. The molecule has 7 aromatic carbocycles. The first-order valence-electron chi connectivity index (χ1n) is 15.4. The molecule has 0 saturated carbocycles. The maximum Gasteiger partial charge on any atom is 0.0549 e. The van der Waals surface area contributed by atoms with Crippen LogP contribution in [0, 0.1) is 0 Å². The molecule has 0 amide bonds. The maximum atomic E-state index is 2.44. The van der Waals surface area contributed by atoms with Gasteiger partial charge in [-0.15, -0.1) is 0 Å². The Morgan fingerprint density at radius 1 is 0.455 bits per heavy atom. The summed E-state index contributed by atoms with van der Waals surface area (Å²) in [4.78, 5) is 2.44. The molecule has 0 aromatic heterocycles. The molecule has 44 heavy (non-hydrogen) atoms. The van der Waals surface area contributed by atoms with Crippen LogP contribution in [0.5, 0.6) is 0 Å². The lowest BCUT2D eigenvalue weighted by Crippen LogP contribution is -2.16. The number of hydrogen-bond donors (Lipinski definition) is 0. The SMILES string of the molecule is CC1(C)c2ccccc2-c2c(N(c3ccccc3)c3ccc(-c4ccc(-c5ccccc5)cc4)cc3)cc3ccccc3c21. The Hall–Kier alpha value is -5.40. The van der Waals surface area contributed by atoms with E-state index in [1.54, 1.807) is 0 Å². The zero-order chi connectivity index (χ0) is 29.7. The second-order valence-corrected chi connectivity index (χ2v) is 12.2. The quantitative estimate of drug-likeness (QED) is 0.201. The van der Waals surface area contributed by atoms with Crippen molar-refractivity contribution < 1.29 is 0 Å². The summed E-state index contributed by atoms with van der Waals surface area (Å²) < 4.78 is 0. The molecule has 1 nitrogen and oxygen atoms in total. The number of fused-ring (bicyclic) bond motifs is 5. The van der Waals surface area contributed by atoms with Crippen LogP contribution >= 0.6 is 0 Å². The van der Waals surface area contributed by atoms with E-state index in [-0.39, 0.29) is 5.41 Å². The molecule has 0 spiro atoms. The Morgan fingerprint density at radius 3 is 1.64 bits per heavy atom. The van der Waals surface area contributed by atoms with Gasteiger partial charge in [0.2, 0.25) is 0 Å². The van der Waals surface area contributed by atoms with Crippen molar-refractivity contribution in [1.29, 1.82) is 0 Å². The number of hydrogen-bond acceptors (Lipinski definition) is 1. The number of para-hydroxylation sites is 1. The smallest absolute Gasteiger partial charge is 0.0549 e. The highest BCUT2D eigenvalue weighted by Crippen LogP contribution is 2.56. The van der Waals surface area contributed by atoms with Crippen molar-refractivity contribution in [2.24, 2.45) is 0 Å². The Balaban J connectivity index is 1.29. The molecule has 0 saturated heterocycles. The number of benzene rings is 7. The fraction of sp³-hybridized carbons (Fsp3) is 0.0698. The summed E-state index contributed by atoms with van der Waals surface area (Å²) in [5, 5.41) is 2.59. The number of rotatable bonds is 5.